The van der Waals surface area contributed by atoms with E-state index in [0.29, 0.717) is 53.6 Å². The highest BCUT2D eigenvalue weighted by molar-refractivity contribution is 6.35. The second-order valence-electron chi connectivity index (χ2n) is 8.79. The molecule has 0 radical (unpaired) electrons. The number of aromatic nitrogens is 1. The second-order valence-corrected chi connectivity index (χ2v) is 9.19. The molecule has 8 nitrogen and oxygen atoms in total. The van der Waals surface area contributed by atoms with E-state index in [1.807, 2.05) is 26.0 Å². The molecule has 1 aromatic heterocycles. The lowest BCUT2D eigenvalue weighted by atomic mass is 10.0. The fraction of sp³-hybridized carbons (Fsp3) is 0.333. The van der Waals surface area contributed by atoms with Gasteiger partial charge in [-0.3, -0.25) is 9.59 Å². The molecule has 0 spiro atoms. The summed E-state index contributed by atoms with van der Waals surface area (Å²) in [5.41, 5.74) is 3.12. The number of piperazine rings is 1. The van der Waals surface area contributed by atoms with Gasteiger partial charge in [0, 0.05) is 54.8 Å². The Hall–Kier alpha value is -3.65. The normalized spacial score (nSPS) is 15.6. The predicted octanol–water partition coefficient (Wildman–Crippen LogP) is 4.61. The molecule has 1 fully saturated rings. The maximum atomic E-state index is 13.3. The van der Waals surface area contributed by atoms with Gasteiger partial charge in [0.1, 0.15) is 0 Å². The molecule has 9 heteroatoms. The highest BCUT2D eigenvalue weighted by atomic mass is 35.5. The van der Waals surface area contributed by atoms with Crippen LogP contribution in [0.15, 0.2) is 48.5 Å². The SMILES string of the molecule is CCCOC(=O)N1CCN(C(=O)c2ccc3c(Cl)cc(-c4ccc(C(=O)NC)cc4)nc3c2)C[C@@H]1C. The number of benzene rings is 2. The van der Waals surface area contributed by atoms with Crippen molar-refractivity contribution >= 4 is 40.4 Å². The van der Waals surface area contributed by atoms with Gasteiger partial charge >= 0.3 is 6.09 Å². The minimum absolute atomic E-state index is 0.122. The van der Waals surface area contributed by atoms with Gasteiger partial charge in [-0.25, -0.2) is 9.78 Å². The van der Waals surface area contributed by atoms with Crippen LogP contribution in [0.4, 0.5) is 4.79 Å². The number of hydrogen-bond donors (Lipinski definition) is 1. The van der Waals surface area contributed by atoms with Gasteiger partial charge in [-0.15, -0.1) is 0 Å². The summed E-state index contributed by atoms with van der Waals surface area (Å²) in [6.07, 6.45) is 0.429. The Bertz CT molecular complexity index is 1290. The van der Waals surface area contributed by atoms with Crippen LogP contribution in [0.25, 0.3) is 22.2 Å². The molecule has 0 unspecified atom stereocenters. The minimum atomic E-state index is -0.336. The molecule has 2 aromatic carbocycles. The lowest BCUT2D eigenvalue weighted by Gasteiger charge is -2.39. The number of carbonyl (C=O) groups excluding carboxylic acids is 3. The number of nitrogens with one attached hydrogen (secondary N) is 1. The average Bonchev–Trinajstić information content (AvgIpc) is 2.90. The number of halogens is 1. The zero-order valence-corrected chi connectivity index (χ0v) is 21.3. The summed E-state index contributed by atoms with van der Waals surface area (Å²) in [6, 6.07) is 14.0. The van der Waals surface area contributed by atoms with E-state index >= 15 is 0 Å². The first-order valence-electron chi connectivity index (χ1n) is 12.0. The molecule has 0 bridgehead atoms. The van der Waals surface area contributed by atoms with Crippen molar-refractivity contribution in [3.63, 3.8) is 0 Å². The Kier molecular flexibility index (Phi) is 7.74. The Labute approximate surface area is 215 Å². The highest BCUT2D eigenvalue weighted by Crippen LogP contribution is 2.29. The van der Waals surface area contributed by atoms with E-state index in [2.05, 4.69) is 5.32 Å². The lowest BCUT2D eigenvalue weighted by Crippen LogP contribution is -2.55. The van der Waals surface area contributed by atoms with Crippen molar-refractivity contribution in [2.45, 2.75) is 26.3 Å². The monoisotopic (exact) mass is 508 g/mol. The van der Waals surface area contributed by atoms with Crippen LogP contribution >= 0.6 is 11.6 Å². The molecule has 36 heavy (non-hydrogen) atoms. The number of pyridine rings is 1. The van der Waals surface area contributed by atoms with Crippen LogP contribution in [0, 0.1) is 0 Å². The molecule has 1 aliphatic heterocycles. The molecule has 0 saturated carbocycles. The summed E-state index contributed by atoms with van der Waals surface area (Å²) < 4.78 is 5.26. The standard InChI is InChI=1S/C27H29ClN4O4/c1-4-13-36-27(35)32-12-11-31(16-17(32)2)26(34)20-9-10-21-22(28)15-23(30-24(21)14-20)18-5-7-19(8-6-18)25(33)29-3/h5-10,14-15,17H,4,11-13,16H2,1-3H3,(H,29,33)/t17-/m0/s1. The van der Waals surface area contributed by atoms with E-state index in [4.69, 9.17) is 21.3 Å². The number of carbonyl (C=O) groups is 3. The Morgan fingerprint density at radius 3 is 2.47 bits per heavy atom. The molecule has 188 valence electrons. The Balaban J connectivity index is 1.55. The third-order valence-electron chi connectivity index (χ3n) is 6.26. The van der Waals surface area contributed by atoms with Crippen LogP contribution in [0.1, 0.15) is 41.0 Å². The number of rotatable bonds is 5. The molecule has 3 amide bonds. The van der Waals surface area contributed by atoms with Gasteiger partial charge in [0.2, 0.25) is 0 Å². The number of hydrogen-bond acceptors (Lipinski definition) is 5. The second kappa shape index (κ2) is 11.0. The van der Waals surface area contributed by atoms with E-state index in [9.17, 15) is 14.4 Å². The first kappa shape index (κ1) is 25.4. The minimum Gasteiger partial charge on any atom is -0.449 e. The maximum Gasteiger partial charge on any atom is 0.410 e. The topological polar surface area (TPSA) is 91.8 Å². The van der Waals surface area contributed by atoms with E-state index in [0.717, 1.165) is 17.4 Å². The molecular formula is C27H29ClN4O4. The van der Waals surface area contributed by atoms with Gasteiger partial charge in [-0.05, 0) is 43.7 Å². The van der Waals surface area contributed by atoms with Crippen LogP contribution in [-0.2, 0) is 4.74 Å². The van der Waals surface area contributed by atoms with Gasteiger partial charge in [-0.1, -0.05) is 36.7 Å². The number of ether oxygens (including phenoxy) is 1. The molecule has 1 aliphatic rings. The highest BCUT2D eigenvalue weighted by Gasteiger charge is 2.31. The van der Waals surface area contributed by atoms with Crippen LogP contribution < -0.4 is 5.32 Å². The van der Waals surface area contributed by atoms with Crippen molar-refractivity contribution in [2.75, 3.05) is 33.3 Å². The zero-order chi connectivity index (χ0) is 25.8. The van der Waals surface area contributed by atoms with Gasteiger partial charge in [0.25, 0.3) is 11.8 Å². The third kappa shape index (κ3) is 5.28. The summed E-state index contributed by atoms with van der Waals surface area (Å²) >= 11 is 6.55. The predicted molar refractivity (Wildman–Crippen MR) is 139 cm³/mol. The molecular weight excluding hydrogens is 480 g/mol. The first-order valence-corrected chi connectivity index (χ1v) is 12.4. The van der Waals surface area contributed by atoms with Gasteiger partial charge in [0.15, 0.2) is 0 Å². The van der Waals surface area contributed by atoms with Crippen molar-refractivity contribution < 1.29 is 19.1 Å². The van der Waals surface area contributed by atoms with Crippen LogP contribution in [0.3, 0.4) is 0 Å². The van der Waals surface area contributed by atoms with Gasteiger partial charge in [-0.2, -0.15) is 0 Å². The van der Waals surface area contributed by atoms with Crippen molar-refractivity contribution in [1.82, 2.24) is 20.1 Å². The average molecular weight is 509 g/mol. The van der Waals surface area contributed by atoms with E-state index in [1.54, 1.807) is 53.2 Å². The fourth-order valence-electron chi connectivity index (χ4n) is 4.27. The number of fused-ring (bicyclic) bond motifs is 1. The molecule has 1 atom stereocenters. The van der Waals surface area contributed by atoms with Crippen LogP contribution in [0.2, 0.25) is 5.02 Å². The zero-order valence-electron chi connectivity index (χ0n) is 20.6. The smallest absolute Gasteiger partial charge is 0.410 e. The molecule has 1 N–H and O–H groups in total. The maximum absolute atomic E-state index is 13.3. The van der Waals surface area contributed by atoms with Crippen molar-refractivity contribution in [1.29, 1.82) is 0 Å². The lowest BCUT2D eigenvalue weighted by molar-refractivity contribution is 0.0412. The number of nitrogens with zero attached hydrogens (tertiary/aromatic N) is 3. The van der Waals surface area contributed by atoms with Gasteiger partial charge in [0.05, 0.1) is 22.8 Å². The Morgan fingerprint density at radius 1 is 1.08 bits per heavy atom. The van der Waals surface area contributed by atoms with E-state index < -0.39 is 0 Å². The van der Waals surface area contributed by atoms with Crippen molar-refractivity contribution in [3.05, 3.63) is 64.7 Å². The summed E-state index contributed by atoms with van der Waals surface area (Å²) in [5, 5.41) is 3.87. The summed E-state index contributed by atoms with van der Waals surface area (Å²) in [4.78, 5) is 45.6. The third-order valence-corrected chi connectivity index (χ3v) is 6.57. The van der Waals surface area contributed by atoms with Crippen LogP contribution in [-0.4, -0.2) is 72.0 Å². The van der Waals surface area contributed by atoms with Crippen molar-refractivity contribution in [2.24, 2.45) is 0 Å². The van der Waals surface area contributed by atoms with E-state index in [-0.39, 0.29) is 23.9 Å². The Morgan fingerprint density at radius 2 is 1.81 bits per heavy atom. The summed E-state index contributed by atoms with van der Waals surface area (Å²) in [7, 11) is 1.59. The largest absolute Gasteiger partial charge is 0.449 e. The molecule has 1 saturated heterocycles. The van der Waals surface area contributed by atoms with Crippen molar-refractivity contribution in [3.8, 4) is 11.3 Å². The molecule has 2 heterocycles. The van der Waals surface area contributed by atoms with Crippen LogP contribution in [0.5, 0.6) is 0 Å². The molecule has 0 aliphatic carbocycles. The number of amides is 3. The quantitative estimate of drug-likeness (QED) is 0.543. The van der Waals surface area contributed by atoms with Gasteiger partial charge < -0.3 is 19.9 Å². The molecule has 4 rings (SSSR count). The van der Waals surface area contributed by atoms with E-state index in [1.165, 1.54) is 0 Å². The summed E-state index contributed by atoms with van der Waals surface area (Å²) in [6.45, 7) is 5.51. The summed E-state index contributed by atoms with van der Waals surface area (Å²) in [5.74, 6) is -0.286. The molecule has 3 aromatic rings. The fourth-order valence-corrected chi connectivity index (χ4v) is 4.53. The first-order chi connectivity index (χ1) is 17.3.